The first-order valence-corrected chi connectivity index (χ1v) is 12.9. The minimum Gasteiger partial charge on any atom is -0.378 e. The summed E-state index contributed by atoms with van der Waals surface area (Å²) < 4.78 is 5.42. The van der Waals surface area contributed by atoms with Crippen LogP contribution in [0.25, 0.3) is 22.0 Å². The number of piperidine rings is 1. The zero-order valence-electron chi connectivity index (χ0n) is 21.0. The lowest BCUT2D eigenvalue weighted by Crippen LogP contribution is -2.37. The fraction of sp³-hybridized carbons (Fsp3) is 0.357. The van der Waals surface area contributed by atoms with Crippen molar-refractivity contribution in [3.05, 3.63) is 70.9 Å². The highest BCUT2D eigenvalue weighted by Gasteiger charge is 2.19. The molecule has 9 heteroatoms. The Bertz CT molecular complexity index is 1420. The number of aromatic amines is 1. The number of likely N-dealkylation sites (tertiary alicyclic amines) is 1. The first-order valence-electron chi connectivity index (χ1n) is 12.9. The molecule has 0 radical (unpaired) electrons. The van der Waals surface area contributed by atoms with Gasteiger partial charge in [0.15, 0.2) is 0 Å². The normalized spacial score (nSPS) is 17.3. The number of hydrogen-bond acceptors (Lipinski definition) is 8. The molecule has 2 aliphatic rings. The second-order valence-electron chi connectivity index (χ2n) is 9.82. The van der Waals surface area contributed by atoms with E-state index in [9.17, 15) is 4.79 Å². The van der Waals surface area contributed by atoms with Crippen LogP contribution in [0.1, 0.15) is 24.3 Å². The molecule has 6 rings (SSSR count). The molecule has 0 aliphatic carbocycles. The maximum atomic E-state index is 12.8. The molecule has 1 aromatic carbocycles. The molecular formula is C28H31N7O2. The van der Waals surface area contributed by atoms with Gasteiger partial charge in [-0.25, -0.2) is 15.0 Å². The number of morpholine rings is 1. The van der Waals surface area contributed by atoms with E-state index in [1.165, 1.54) is 18.4 Å². The summed E-state index contributed by atoms with van der Waals surface area (Å²) in [7, 11) is 2.18. The molecule has 0 unspecified atom stereocenters. The number of hydrogen-bond donors (Lipinski definition) is 2. The topological polar surface area (TPSA) is 99.3 Å². The van der Waals surface area contributed by atoms with E-state index in [1.54, 1.807) is 18.6 Å². The summed E-state index contributed by atoms with van der Waals surface area (Å²) in [6.07, 6.45) is 7.60. The van der Waals surface area contributed by atoms with E-state index in [-0.39, 0.29) is 5.56 Å². The van der Waals surface area contributed by atoms with Gasteiger partial charge in [-0.2, -0.15) is 0 Å². The second kappa shape index (κ2) is 10.3. The lowest BCUT2D eigenvalue weighted by molar-refractivity contribution is 0.122. The molecule has 2 saturated heterocycles. The number of nitrogens with zero attached hydrogens (tertiary/aromatic N) is 5. The third-order valence-electron chi connectivity index (χ3n) is 7.35. The zero-order chi connectivity index (χ0) is 25.2. The van der Waals surface area contributed by atoms with Crippen LogP contribution in [0.3, 0.4) is 0 Å². The maximum absolute atomic E-state index is 12.8. The van der Waals surface area contributed by atoms with Gasteiger partial charge in [-0.15, -0.1) is 0 Å². The van der Waals surface area contributed by atoms with Crippen LogP contribution in [0.4, 0.5) is 17.5 Å². The van der Waals surface area contributed by atoms with Crippen molar-refractivity contribution in [1.29, 1.82) is 0 Å². The van der Waals surface area contributed by atoms with Crippen molar-refractivity contribution < 1.29 is 4.74 Å². The van der Waals surface area contributed by atoms with E-state index in [0.29, 0.717) is 42.0 Å². The summed E-state index contributed by atoms with van der Waals surface area (Å²) in [6.45, 7) is 5.18. The molecule has 4 aromatic rings. The number of nitrogens with one attached hydrogen (secondary N) is 2. The van der Waals surface area contributed by atoms with Crippen molar-refractivity contribution in [2.75, 3.05) is 56.7 Å². The van der Waals surface area contributed by atoms with Crippen LogP contribution in [0.15, 0.2) is 59.8 Å². The van der Waals surface area contributed by atoms with Gasteiger partial charge in [-0.1, -0.05) is 12.1 Å². The quantitative estimate of drug-likeness (QED) is 0.430. The summed E-state index contributed by atoms with van der Waals surface area (Å²) in [4.78, 5) is 34.0. The van der Waals surface area contributed by atoms with Gasteiger partial charge in [0, 0.05) is 42.9 Å². The average molecular weight is 498 g/mol. The molecule has 37 heavy (non-hydrogen) atoms. The van der Waals surface area contributed by atoms with E-state index in [1.807, 2.05) is 12.1 Å². The summed E-state index contributed by atoms with van der Waals surface area (Å²) in [6, 6.07) is 12.3. The Hall–Kier alpha value is -3.82. The third kappa shape index (κ3) is 5.05. The zero-order valence-corrected chi connectivity index (χ0v) is 21.0. The molecule has 0 atom stereocenters. The van der Waals surface area contributed by atoms with Gasteiger partial charge in [0.1, 0.15) is 5.82 Å². The first-order chi connectivity index (χ1) is 18.1. The molecule has 2 fully saturated rings. The minimum absolute atomic E-state index is 0.180. The Balaban J connectivity index is 1.29. The monoisotopic (exact) mass is 497 g/mol. The highest BCUT2D eigenvalue weighted by Crippen LogP contribution is 2.31. The Labute approximate surface area is 215 Å². The highest BCUT2D eigenvalue weighted by atomic mass is 16.5. The number of fused-ring (bicyclic) bond motifs is 1. The largest absolute Gasteiger partial charge is 0.378 e. The fourth-order valence-corrected chi connectivity index (χ4v) is 5.15. The minimum atomic E-state index is -0.180. The number of H-pyrrole nitrogens is 1. The number of benzene rings is 1. The van der Waals surface area contributed by atoms with Gasteiger partial charge in [-0.05, 0) is 74.1 Å². The molecule has 2 aliphatic heterocycles. The second-order valence-corrected chi connectivity index (χ2v) is 9.82. The first kappa shape index (κ1) is 23.6. The van der Waals surface area contributed by atoms with Gasteiger partial charge >= 0.3 is 0 Å². The van der Waals surface area contributed by atoms with Crippen LogP contribution in [0.2, 0.25) is 0 Å². The standard InChI is InChI=1S/C28H31N7O2/c1-34-10-7-20(8-11-34)19-2-4-23(5-3-19)32-26-25-21(6-9-29-27(25)36)16-24(33-26)22-17-30-28(31-18-22)35-12-14-37-15-13-35/h2-6,9,16-18,20H,7-8,10-15H2,1H3,(H,29,36)(H,32,33). The number of aromatic nitrogens is 4. The fourth-order valence-electron chi connectivity index (χ4n) is 5.15. The predicted octanol–water partition coefficient (Wildman–Crippen LogP) is 3.77. The van der Waals surface area contributed by atoms with E-state index < -0.39 is 0 Å². The van der Waals surface area contributed by atoms with Crippen molar-refractivity contribution in [2.45, 2.75) is 18.8 Å². The van der Waals surface area contributed by atoms with Gasteiger partial charge in [0.05, 0.1) is 24.3 Å². The summed E-state index contributed by atoms with van der Waals surface area (Å²) in [5, 5.41) is 4.72. The number of rotatable bonds is 5. The average Bonchev–Trinajstić information content (AvgIpc) is 2.94. The number of anilines is 3. The summed E-state index contributed by atoms with van der Waals surface area (Å²) >= 11 is 0. The van der Waals surface area contributed by atoms with Crippen molar-refractivity contribution in [1.82, 2.24) is 24.8 Å². The molecule has 3 aromatic heterocycles. The molecule has 0 saturated carbocycles. The Kier molecular flexibility index (Phi) is 6.55. The van der Waals surface area contributed by atoms with E-state index >= 15 is 0 Å². The number of ether oxygens (including phenoxy) is 1. The Morgan fingerprint density at radius 1 is 1.00 bits per heavy atom. The summed E-state index contributed by atoms with van der Waals surface area (Å²) in [5.74, 6) is 1.79. The van der Waals surface area contributed by atoms with Crippen LogP contribution in [0.5, 0.6) is 0 Å². The Morgan fingerprint density at radius 3 is 2.46 bits per heavy atom. The van der Waals surface area contributed by atoms with Crippen LogP contribution < -0.4 is 15.8 Å². The van der Waals surface area contributed by atoms with Gasteiger partial charge in [0.2, 0.25) is 5.95 Å². The van der Waals surface area contributed by atoms with E-state index in [4.69, 9.17) is 9.72 Å². The van der Waals surface area contributed by atoms with Crippen LogP contribution in [0, 0.1) is 0 Å². The van der Waals surface area contributed by atoms with Gasteiger partial charge < -0.3 is 24.8 Å². The van der Waals surface area contributed by atoms with Crippen molar-refractivity contribution in [3.63, 3.8) is 0 Å². The SMILES string of the molecule is CN1CCC(c2ccc(Nc3nc(-c4cnc(N5CCOCC5)nc4)cc4cc[nH]c(=O)c34)cc2)CC1. The molecule has 190 valence electrons. The van der Waals surface area contributed by atoms with Crippen molar-refractivity contribution >= 4 is 28.2 Å². The molecule has 9 nitrogen and oxygen atoms in total. The smallest absolute Gasteiger partial charge is 0.259 e. The van der Waals surface area contributed by atoms with Crippen molar-refractivity contribution in [3.8, 4) is 11.3 Å². The molecule has 5 heterocycles. The van der Waals surface area contributed by atoms with Gasteiger partial charge in [0.25, 0.3) is 5.56 Å². The van der Waals surface area contributed by atoms with Crippen LogP contribution >= 0.6 is 0 Å². The molecule has 0 bridgehead atoms. The highest BCUT2D eigenvalue weighted by molar-refractivity contribution is 5.95. The molecule has 0 amide bonds. The van der Waals surface area contributed by atoms with E-state index in [0.717, 1.165) is 42.8 Å². The van der Waals surface area contributed by atoms with Crippen LogP contribution in [-0.2, 0) is 4.74 Å². The number of pyridine rings is 2. The predicted molar refractivity (Wildman–Crippen MR) is 146 cm³/mol. The maximum Gasteiger partial charge on any atom is 0.259 e. The van der Waals surface area contributed by atoms with Crippen molar-refractivity contribution in [2.24, 2.45) is 0 Å². The lowest BCUT2D eigenvalue weighted by atomic mass is 9.89. The third-order valence-corrected chi connectivity index (χ3v) is 7.35. The lowest BCUT2D eigenvalue weighted by Gasteiger charge is -2.29. The Morgan fingerprint density at radius 2 is 1.73 bits per heavy atom. The summed E-state index contributed by atoms with van der Waals surface area (Å²) in [5.41, 5.74) is 3.57. The van der Waals surface area contributed by atoms with Crippen LogP contribution in [-0.4, -0.2) is 71.3 Å². The molecule has 2 N–H and O–H groups in total. The molecular weight excluding hydrogens is 466 g/mol. The van der Waals surface area contributed by atoms with E-state index in [2.05, 4.69) is 61.4 Å². The molecule has 0 spiro atoms. The van der Waals surface area contributed by atoms with Gasteiger partial charge in [-0.3, -0.25) is 4.79 Å².